The van der Waals surface area contributed by atoms with Gasteiger partial charge in [-0.15, -0.1) is 0 Å². The van der Waals surface area contributed by atoms with Crippen molar-refractivity contribution in [2.75, 3.05) is 32.8 Å². The van der Waals surface area contributed by atoms with Crippen LogP contribution in [0.5, 0.6) is 0 Å². The molecule has 0 spiro atoms. The second-order valence-corrected chi connectivity index (χ2v) is 6.04. The number of hydrogen-bond donors (Lipinski definition) is 1. The Hall–Kier alpha value is -0.120. The molecular formula is C14H28N2O. The van der Waals surface area contributed by atoms with Gasteiger partial charge in [-0.1, -0.05) is 13.8 Å². The third-order valence-electron chi connectivity index (χ3n) is 4.95. The molecule has 1 saturated heterocycles. The first-order valence-corrected chi connectivity index (χ1v) is 7.22. The summed E-state index contributed by atoms with van der Waals surface area (Å²) in [5.41, 5.74) is 6.42. The highest BCUT2D eigenvalue weighted by atomic mass is 16.5. The fraction of sp³-hybridized carbons (Fsp3) is 1.00. The summed E-state index contributed by atoms with van der Waals surface area (Å²) in [4.78, 5) is 2.64. The van der Waals surface area contributed by atoms with Crippen LogP contribution in [0.15, 0.2) is 0 Å². The summed E-state index contributed by atoms with van der Waals surface area (Å²) in [5, 5.41) is 0. The largest absolute Gasteiger partial charge is 0.380 e. The van der Waals surface area contributed by atoms with Gasteiger partial charge >= 0.3 is 0 Å². The first-order valence-electron chi connectivity index (χ1n) is 7.22. The molecule has 2 fully saturated rings. The molecule has 0 aromatic heterocycles. The Labute approximate surface area is 106 Å². The van der Waals surface area contributed by atoms with Gasteiger partial charge in [-0.05, 0) is 37.5 Å². The van der Waals surface area contributed by atoms with E-state index in [9.17, 15) is 0 Å². The third kappa shape index (κ3) is 2.67. The van der Waals surface area contributed by atoms with Gasteiger partial charge < -0.3 is 10.5 Å². The minimum absolute atomic E-state index is 0.250. The smallest absolute Gasteiger partial charge is 0.0593 e. The summed E-state index contributed by atoms with van der Waals surface area (Å²) in [5.74, 6) is 1.59. The van der Waals surface area contributed by atoms with Crippen molar-refractivity contribution >= 4 is 0 Å². The lowest BCUT2D eigenvalue weighted by Crippen LogP contribution is -2.60. The highest BCUT2D eigenvalue weighted by Gasteiger charge is 2.43. The van der Waals surface area contributed by atoms with Crippen LogP contribution in [-0.4, -0.2) is 43.3 Å². The maximum atomic E-state index is 6.17. The van der Waals surface area contributed by atoms with Crippen molar-refractivity contribution in [3.63, 3.8) is 0 Å². The Balaban J connectivity index is 2.11. The molecule has 3 heteroatoms. The van der Waals surface area contributed by atoms with E-state index in [4.69, 9.17) is 10.5 Å². The van der Waals surface area contributed by atoms with E-state index >= 15 is 0 Å². The first kappa shape index (κ1) is 13.3. The highest BCUT2D eigenvalue weighted by Crippen LogP contribution is 2.40. The van der Waals surface area contributed by atoms with Gasteiger partial charge in [0.25, 0.3) is 0 Å². The van der Waals surface area contributed by atoms with Gasteiger partial charge in [-0.3, -0.25) is 4.90 Å². The van der Waals surface area contributed by atoms with Crippen molar-refractivity contribution in [1.29, 1.82) is 0 Å². The van der Waals surface area contributed by atoms with E-state index in [0.717, 1.165) is 45.2 Å². The zero-order chi connectivity index (χ0) is 12.3. The topological polar surface area (TPSA) is 38.5 Å². The standard InChI is InChI=1S/C14H28N2O/c1-12-4-5-14(11-15,13(2)10-12)16-6-3-8-17-9-7-16/h12-13H,3-11,15H2,1-2H3. The predicted molar refractivity (Wildman–Crippen MR) is 71.0 cm³/mol. The number of rotatable bonds is 2. The molecule has 0 amide bonds. The van der Waals surface area contributed by atoms with E-state index in [1.165, 1.54) is 19.3 Å². The molecule has 0 aromatic rings. The Morgan fingerprint density at radius 1 is 1.29 bits per heavy atom. The van der Waals surface area contributed by atoms with Crippen LogP contribution in [0.25, 0.3) is 0 Å². The van der Waals surface area contributed by atoms with Crippen LogP contribution in [0.1, 0.15) is 39.5 Å². The summed E-state index contributed by atoms with van der Waals surface area (Å²) >= 11 is 0. The average molecular weight is 240 g/mol. The number of ether oxygens (including phenoxy) is 1. The second-order valence-electron chi connectivity index (χ2n) is 6.04. The Morgan fingerprint density at radius 3 is 2.82 bits per heavy atom. The molecule has 2 N–H and O–H groups in total. The van der Waals surface area contributed by atoms with Crippen LogP contribution in [0.4, 0.5) is 0 Å². The Kier molecular flexibility index (Phi) is 4.45. The minimum atomic E-state index is 0.250. The van der Waals surface area contributed by atoms with Crippen LogP contribution in [-0.2, 0) is 4.74 Å². The molecule has 1 aliphatic carbocycles. The molecule has 3 nitrogen and oxygen atoms in total. The van der Waals surface area contributed by atoms with Gasteiger partial charge in [-0.25, -0.2) is 0 Å². The molecular weight excluding hydrogens is 212 g/mol. The molecule has 17 heavy (non-hydrogen) atoms. The summed E-state index contributed by atoms with van der Waals surface area (Å²) in [6.45, 7) is 9.61. The Bertz CT molecular complexity index is 238. The van der Waals surface area contributed by atoms with Crippen LogP contribution in [0.3, 0.4) is 0 Å². The lowest BCUT2D eigenvalue weighted by Gasteiger charge is -2.51. The number of nitrogens with two attached hydrogens (primary N) is 1. The van der Waals surface area contributed by atoms with Crippen LogP contribution in [0, 0.1) is 11.8 Å². The van der Waals surface area contributed by atoms with Gasteiger partial charge in [0.2, 0.25) is 0 Å². The van der Waals surface area contributed by atoms with E-state index < -0.39 is 0 Å². The fourth-order valence-electron chi connectivity index (χ4n) is 3.78. The normalized spacial score (nSPS) is 41.1. The Morgan fingerprint density at radius 2 is 2.12 bits per heavy atom. The quantitative estimate of drug-likeness (QED) is 0.801. The zero-order valence-corrected chi connectivity index (χ0v) is 11.5. The molecule has 100 valence electrons. The van der Waals surface area contributed by atoms with E-state index in [1.54, 1.807) is 0 Å². The van der Waals surface area contributed by atoms with Gasteiger partial charge in [0.05, 0.1) is 6.61 Å². The summed E-state index contributed by atoms with van der Waals surface area (Å²) in [6.07, 6.45) is 5.09. The molecule has 0 aromatic carbocycles. The fourth-order valence-corrected chi connectivity index (χ4v) is 3.78. The van der Waals surface area contributed by atoms with Gasteiger partial charge in [0.15, 0.2) is 0 Å². The summed E-state index contributed by atoms with van der Waals surface area (Å²) < 4.78 is 5.58. The maximum absolute atomic E-state index is 6.17. The average Bonchev–Trinajstić information content (AvgIpc) is 2.59. The van der Waals surface area contributed by atoms with E-state index in [2.05, 4.69) is 18.7 Å². The summed E-state index contributed by atoms with van der Waals surface area (Å²) in [7, 11) is 0. The lowest BCUT2D eigenvalue weighted by molar-refractivity contribution is -0.00142. The van der Waals surface area contributed by atoms with Crippen molar-refractivity contribution in [3.05, 3.63) is 0 Å². The molecule has 3 atom stereocenters. The molecule has 0 bridgehead atoms. The van der Waals surface area contributed by atoms with Crippen molar-refractivity contribution in [2.24, 2.45) is 17.6 Å². The van der Waals surface area contributed by atoms with Crippen LogP contribution in [0.2, 0.25) is 0 Å². The first-order chi connectivity index (χ1) is 8.19. The molecule has 1 heterocycles. The van der Waals surface area contributed by atoms with Crippen molar-refractivity contribution in [3.8, 4) is 0 Å². The molecule has 3 unspecified atom stereocenters. The monoisotopic (exact) mass is 240 g/mol. The van der Waals surface area contributed by atoms with Crippen LogP contribution >= 0.6 is 0 Å². The molecule has 2 rings (SSSR count). The molecule has 0 radical (unpaired) electrons. The van der Waals surface area contributed by atoms with Crippen molar-refractivity contribution < 1.29 is 4.74 Å². The zero-order valence-electron chi connectivity index (χ0n) is 11.5. The molecule has 1 saturated carbocycles. The number of nitrogens with zero attached hydrogens (tertiary/aromatic N) is 1. The molecule has 1 aliphatic heterocycles. The van der Waals surface area contributed by atoms with Gasteiger partial charge in [-0.2, -0.15) is 0 Å². The second kappa shape index (κ2) is 5.68. The maximum Gasteiger partial charge on any atom is 0.0593 e. The van der Waals surface area contributed by atoms with Crippen molar-refractivity contribution in [1.82, 2.24) is 4.90 Å². The SMILES string of the molecule is CC1CCC(CN)(N2CCCOCC2)C(C)C1. The van der Waals surface area contributed by atoms with E-state index in [0.29, 0.717) is 5.92 Å². The number of hydrogen-bond acceptors (Lipinski definition) is 3. The van der Waals surface area contributed by atoms with E-state index in [1.807, 2.05) is 0 Å². The predicted octanol–water partition coefficient (Wildman–Crippen LogP) is 1.86. The van der Waals surface area contributed by atoms with Crippen molar-refractivity contribution in [2.45, 2.75) is 45.1 Å². The van der Waals surface area contributed by atoms with E-state index in [-0.39, 0.29) is 5.54 Å². The lowest BCUT2D eigenvalue weighted by atomic mass is 9.69. The minimum Gasteiger partial charge on any atom is -0.380 e. The molecule has 2 aliphatic rings. The third-order valence-corrected chi connectivity index (χ3v) is 4.95. The summed E-state index contributed by atoms with van der Waals surface area (Å²) in [6, 6.07) is 0. The van der Waals surface area contributed by atoms with Crippen LogP contribution < -0.4 is 5.73 Å². The van der Waals surface area contributed by atoms with Gasteiger partial charge in [0, 0.05) is 31.8 Å². The highest BCUT2D eigenvalue weighted by molar-refractivity contribution is 4.99. The van der Waals surface area contributed by atoms with Gasteiger partial charge in [0.1, 0.15) is 0 Å².